The van der Waals surface area contributed by atoms with Crippen LogP contribution in [0.3, 0.4) is 0 Å². The number of nitrogens with zero attached hydrogens (tertiary/aromatic N) is 6. The lowest BCUT2D eigenvalue weighted by Gasteiger charge is -2.60. The molecule has 6 rings (SSSR count). The Morgan fingerprint density at radius 1 is 1.12 bits per heavy atom. The fraction of sp³-hybridized carbons (Fsp3) is 0.609. The van der Waals surface area contributed by atoms with Gasteiger partial charge in [0.15, 0.2) is 5.82 Å². The number of amides is 1. The Bertz CT molecular complexity index is 1160. The number of rotatable bonds is 3. The summed E-state index contributed by atoms with van der Waals surface area (Å²) < 4.78 is 42.5. The van der Waals surface area contributed by atoms with Crippen LogP contribution in [0.1, 0.15) is 38.1 Å². The molecular weight excluding hydrogens is 469 g/mol. The van der Waals surface area contributed by atoms with E-state index in [1.54, 1.807) is 12.1 Å². The van der Waals surface area contributed by atoms with Crippen LogP contribution >= 0.6 is 11.6 Å². The molecule has 2 aromatic rings. The smallest absolute Gasteiger partial charge is 0.341 e. The number of carbonyl (C=O) groups is 1. The maximum atomic E-state index is 13.5. The largest absolute Gasteiger partial charge is 0.403 e. The van der Waals surface area contributed by atoms with Crippen LogP contribution in [0, 0.1) is 10.8 Å². The molecule has 182 valence electrons. The van der Waals surface area contributed by atoms with Gasteiger partial charge >= 0.3 is 6.18 Å². The molecular formula is C23H26ClF3N6O. The molecule has 1 aromatic carbocycles. The lowest BCUT2D eigenvalue weighted by Crippen LogP contribution is -2.73. The van der Waals surface area contributed by atoms with E-state index in [1.807, 2.05) is 22.5 Å². The number of benzene rings is 1. The van der Waals surface area contributed by atoms with E-state index < -0.39 is 12.2 Å². The number of likely N-dealkylation sites (tertiary alicyclic amines) is 1. The molecule has 1 aromatic heterocycles. The maximum Gasteiger partial charge on any atom is 0.403 e. The van der Waals surface area contributed by atoms with Crippen LogP contribution in [0.2, 0.25) is 5.02 Å². The van der Waals surface area contributed by atoms with E-state index in [1.165, 1.54) is 11.8 Å². The highest BCUT2D eigenvalue weighted by Crippen LogP contribution is 2.50. The standard InChI is InChI=1S/C23H26ClF3N6O/c1-14(23(25,26)27)30-8-15-7-16(24)3-4-17(15)33-18(9-30)28-29-20(33)32-12-22(13-32)10-31(11-22)19(34)21(2)5-6-21/h3-4,7,14H,5-6,8-13H2,1-2H3. The van der Waals surface area contributed by atoms with Crippen molar-refractivity contribution >= 4 is 23.5 Å². The Morgan fingerprint density at radius 3 is 2.47 bits per heavy atom. The first-order chi connectivity index (χ1) is 16.0. The van der Waals surface area contributed by atoms with Gasteiger partial charge < -0.3 is 9.80 Å². The number of aromatic nitrogens is 3. The van der Waals surface area contributed by atoms with Crippen LogP contribution in [0.25, 0.3) is 5.69 Å². The third kappa shape index (κ3) is 3.40. The molecule has 1 saturated carbocycles. The number of hydrogen-bond donors (Lipinski definition) is 0. The van der Waals surface area contributed by atoms with Gasteiger partial charge in [0.2, 0.25) is 11.9 Å². The average molecular weight is 495 g/mol. The topological polar surface area (TPSA) is 57.5 Å². The molecule has 34 heavy (non-hydrogen) atoms. The van der Waals surface area contributed by atoms with Gasteiger partial charge in [0.1, 0.15) is 6.04 Å². The van der Waals surface area contributed by atoms with Crippen LogP contribution in [0.5, 0.6) is 0 Å². The fourth-order valence-electron chi connectivity index (χ4n) is 5.49. The van der Waals surface area contributed by atoms with Gasteiger partial charge in [-0.05, 0) is 43.5 Å². The zero-order valence-corrected chi connectivity index (χ0v) is 19.8. The molecule has 11 heteroatoms. The molecule has 0 radical (unpaired) electrons. The number of anilines is 1. The van der Waals surface area contributed by atoms with Crippen molar-refractivity contribution in [3.8, 4) is 5.69 Å². The van der Waals surface area contributed by atoms with Gasteiger partial charge in [-0.3, -0.25) is 14.3 Å². The molecule has 7 nitrogen and oxygen atoms in total. The molecule has 1 aliphatic carbocycles. The maximum absolute atomic E-state index is 13.5. The normalized spacial score (nSPS) is 23.5. The van der Waals surface area contributed by atoms with E-state index in [0.29, 0.717) is 22.4 Å². The highest BCUT2D eigenvalue weighted by molar-refractivity contribution is 6.30. The van der Waals surface area contributed by atoms with E-state index in [9.17, 15) is 18.0 Å². The van der Waals surface area contributed by atoms with Crippen molar-refractivity contribution in [3.05, 3.63) is 34.6 Å². The summed E-state index contributed by atoms with van der Waals surface area (Å²) in [7, 11) is 0. The molecule has 3 aliphatic heterocycles. The molecule has 4 heterocycles. The van der Waals surface area contributed by atoms with Gasteiger partial charge in [0, 0.05) is 48.6 Å². The Morgan fingerprint density at radius 2 is 1.82 bits per heavy atom. The lowest BCUT2D eigenvalue weighted by atomic mass is 9.72. The summed E-state index contributed by atoms with van der Waals surface area (Å²) in [6, 6.07) is 3.65. The minimum atomic E-state index is -4.36. The molecule has 2 saturated heterocycles. The second-order valence-electron chi connectivity index (χ2n) is 10.7. The van der Waals surface area contributed by atoms with Crippen LogP contribution in [0.4, 0.5) is 19.1 Å². The van der Waals surface area contributed by atoms with Gasteiger partial charge in [-0.2, -0.15) is 13.2 Å². The predicted molar refractivity (Wildman–Crippen MR) is 120 cm³/mol. The summed E-state index contributed by atoms with van der Waals surface area (Å²) in [5.74, 6) is 1.36. The summed E-state index contributed by atoms with van der Waals surface area (Å²) in [5, 5.41) is 9.15. The monoisotopic (exact) mass is 494 g/mol. The first-order valence-electron chi connectivity index (χ1n) is 11.6. The Kier molecular flexibility index (Phi) is 4.63. The minimum absolute atomic E-state index is 0.0276. The van der Waals surface area contributed by atoms with Gasteiger partial charge in [-0.1, -0.05) is 18.5 Å². The summed E-state index contributed by atoms with van der Waals surface area (Å²) >= 11 is 6.20. The van der Waals surface area contributed by atoms with Gasteiger partial charge in [-0.15, -0.1) is 10.2 Å². The van der Waals surface area contributed by atoms with Gasteiger partial charge in [0.25, 0.3) is 0 Å². The Labute approximate surface area is 200 Å². The fourth-order valence-corrected chi connectivity index (χ4v) is 5.69. The van der Waals surface area contributed by atoms with Crippen LogP contribution in [0.15, 0.2) is 18.2 Å². The first-order valence-corrected chi connectivity index (χ1v) is 11.9. The van der Waals surface area contributed by atoms with E-state index in [4.69, 9.17) is 11.6 Å². The third-order valence-electron chi connectivity index (χ3n) is 7.93. The zero-order chi connectivity index (χ0) is 24.0. The van der Waals surface area contributed by atoms with Crippen LogP contribution in [-0.4, -0.2) is 68.9 Å². The highest BCUT2D eigenvalue weighted by atomic mass is 35.5. The molecule has 3 fully saturated rings. The summed E-state index contributed by atoms with van der Waals surface area (Å²) in [4.78, 5) is 18.0. The van der Waals surface area contributed by atoms with Gasteiger partial charge in [-0.25, -0.2) is 0 Å². The number of halogens is 4. The zero-order valence-electron chi connectivity index (χ0n) is 19.1. The number of fused-ring (bicyclic) bond motifs is 3. The number of carbonyl (C=O) groups excluding carboxylic acids is 1. The van der Waals surface area contributed by atoms with Crippen molar-refractivity contribution in [2.24, 2.45) is 10.8 Å². The van der Waals surface area contributed by atoms with Crippen molar-refractivity contribution in [2.45, 2.75) is 52.0 Å². The van der Waals surface area contributed by atoms with Crippen LogP contribution < -0.4 is 4.90 Å². The summed E-state index contributed by atoms with van der Waals surface area (Å²) in [6.07, 6.45) is -2.41. The summed E-state index contributed by atoms with van der Waals surface area (Å²) in [5.41, 5.74) is 1.37. The van der Waals surface area contributed by atoms with Crippen molar-refractivity contribution < 1.29 is 18.0 Å². The van der Waals surface area contributed by atoms with Crippen molar-refractivity contribution in [2.75, 3.05) is 31.1 Å². The molecule has 1 unspecified atom stereocenters. The quantitative estimate of drug-likeness (QED) is 0.652. The first kappa shape index (κ1) is 22.2. The van der Waals surface area contributed by atoms with Crippen molar-refractivity contribution in [1.29, 1.82) is 0 Å². The van der Waals surface area contributed by atoms with Crippen LogP contribution in [-0.2, 0) is 17.9 Å². The van der Waals surface area contributed by atoms with Crippen molar-refractivity contribution in [3.63, 3.8) is 0 Å². The average Bonchev–Trinajstić information content (AvgIpc) is 3.38. The second-order valence-corrected chi connectivity index (χ2v) is 11.2. The lowest BCUT2D eigenvalue weighted by molar-refractivity contribution is -0.182. The van der Waals surface area contributed by atoms with Gasteiger partial charge in [0.05, 0.1) is 12.2 Å². The molecule has 0 bridgehead atoms. The van der Waals surface area contributed by atoms with E-state index in [-0.39, 0.29) is 29.8 Å². The second kappa shape index (κ2) is 7.10. The predicted octanol–water partition coefficient (Wildman–Crippen LogP) is 3.64. The van der Waals surface area contributed by atoms with Crippen molar-refractivity contribution in [1.82, 2.24) is 24.6 Å². The molecule has 0 N–H and O–H groups in total. The highest BCUT2D eigenvalue weighted by Gasteiger charge is 2.58. The Hall–Kier alpha value is -2.33. The summed E-state index contributed by atoms with van der Waals surface area (Å²) in [6.45, 7) is 6.34. The van der Waals surface area contributed by atoms with E-state index >= 15 is 0 Å². The molecule has 1 spiro atoms. The molecule has 1 atom stereocenters. The number of alkyl halides is 3. The number of hydrogen-bond acceptors (Lipinski definition) is 5. The SMILES string of the molecule is CC(N1Cc2cc(Cl)ccc2-n2c(nnc2N2CC3(CN(C(=O)C4(C)CC4)C3)C2)C1)C(F)(F)F. The molecule has 1 amide bonds. The van der Waals surface area contributed by atoms with E-state index in [0.717, 1.165) is 44.7 Å². The van der Waals surface area contributed by atoms with E-state index in [2.05, 4.69) is 15.1 Å². The third-order valence-corrected chi connectivity index (χ3v) is 8.16. The minimum Gasteiger partial charge on any atom is -0.341 e. The Balaban J connectivity index is 1.25. The molecule has 4 aliphatic rings.